The zero-order valence-corrected chi connectivity index (χ0v) is 6.54. The second-order valence-electron chi connectivity index (χ2n) is 2.49. The van der Waals surface area contributed by atoms with E-state index < -0.39 is 0 Å². The van der Waals surface area contributed by atoms with Crippen LogP contribution in [0.5, 0.6) is 0 Å². The molecule has 0 radical (unpaired) electrons. The molecule has 0 amide bonds. The lowest BCUT2D eigenvalue weighted by Gasteiger charge is -1.96. The van der Waals surface area contributed by atoms with Crippen LogP contribution < -0.4 is 11.5 Å². The van der Waals surface area contributed by atoms with Crippen molar-refractivity contribution < 1.29 is 21.1 Å². The van der Waals surface area contributed by atoms with Gasteiger partial charge in [0.15, 0.2) is 12.6 Å². The van der Waals surface area contributed by atoms with Crippen molar-refractivity contribution in [3.63, 3.8) is 0 Å². The summed E-state index contributed by atoms with van der Waals surface area (Å²) in [6, 6.07) is 3.11. The number of carbonyl (C=O) groups is 2. The van der Waals surface area contributed by atoms with Crippen molar-refractivity contribution in [2.24, 2.45) is 0 Å². The van der Waals surface area contributed by atoms with Crippen LogP contribution in [0.1, 0.15) is 20.7 Å². The Morgan fingerprint density at radius 1 is 0.917 bits per heavy atom. The third-order valence-electron chi connectivity index (χ3n) is 1.65. The van der Waals surface area contributed by atoms with Gasteiger partial charge in [0, 0.05) is 0 Å². The minimum Gasteiger partial charge on any atom is -0.324 e. The molecule has 0 saturated carbocycles. The van der Waals surface area contributed by atoms with Gasteiger partial charge in [-0.15, -0.1) is 0 Å². The lowest BCUT2D eigenvalue weighted by molar-refractivity contribution is -0.265. The Labute approximate surface area is 69.2 Å². The molecule has 0 aliphatic rings. The Balaban J connectivity index is 3.36. The monoisotopic (exact) mass is 166 g/mol. The Morgan fingerprint density at radius 3 is 1.67 bits per heavy atom. The van der Waals surface area contributed by atoms with Crippen molar-refractivity contribution in [2.75, 3.05) is 0 Å². The van der Waals surface area contributed by atoms with Crippen LogP contribution in [0.25, 0.3) is 0 Å². The highest BCUT2D eigenvalue weighted by atomic mass is 16.1. The Hall–Kier alpha value is -1.52. The van der Waals surface area contributed by atoms with Gasteiger partial charge in [-0.2, -0.15) is 0 Å². The molecular weight excluding hydrogens is 156 g/mol. The van der Waals surface area contributed by atoms with Gasteiger partial charge in [0.2, 0.25) is 0 Å². The molecule has 0 heterocycles. The Bertz CT molecular complexity index is 305. The first-order valence-corrected chi connectivity index (χ1v) is 3.41. The van der Waals surface area contributed by atoms with E-state index in [0.29, 0.717) is 35.1 Å². The Morgan fingerprint density at radius 2 is 1.33 bits per heavy atom. The molecule has 4 nitrogen and oxygen atoms in total. The van der Waals surface area contributed by atoms with Gasteiger partial charge in [-0.3, -0.25) is 9.59 Å². The molecule has 4 heteroatoms. The molecular formula is C8H10N2O2+2. The molecule has 0 aromatic heterocycles. The lowest BCUT2D eigenvalue weighted by Crippen LogP contribution is -2.45. The van der Waals surface area contributed by atoms with Gasteiger partial charge < -0.3 is 11.5 Å². The fraction of sp³-hybridized carbons (Fsp3) is 0. The van der Waals surface area contributed by atoms with Gasteiger partial charge in [0.1, 0.15) is 11.4 Å². The first-order chi connectivity index (χ1) is 5.69. The molecule has 0 aliphatic heterocycles. The van der Waals surface area contributed by atoms with Crippen molar-refractivity contribution in [1.82, 2.24) is 0 Å². The van der Waals surface area contributed by atoms with E-state index in [1.807, 2.05) is 0 Å². The molecule has 0 spiro atoms. The molecule has 0 bridgehead atoms. The number of benzene rings is 1. The summed E-state index contributed by atoms with van der Waals surface area (Å²) in [7, 11) is 0. The van der Waals surface area contributed by atoms with E-state index >= 15 is 0 Å². The summed E-state index contributed by atoms with van der Waals surface area (Å²) < 4.78 is 0. The summed E-state index contributed by atoms with van der Waals surface area (Å²) in [5.41, 5.74) is 9.35. The summed E-state index contributed by atoms with van der Waals surface area (Å²) in [5, 5.41) is 0. The maximum atomic E-state index is 10.4. The SMILES string of the molecule is [NH3+]c1cc([NH3+])c(C=O)cc1C=O. The average Bonchev–Trinajstić information content (AvgIpc) is 2.05. The number of hydrogen-bond acceptors (Lipinski definition) is 2. The van der Waals surface area contributed by atoms with Crippen molar-refractivity contribution in [2.45, 2.75) is 0 Å². The number of carbonyl (C=O) groups excluding carboxylic acids is 2. The summed E-state index contributed by atoms with van der Waals surface area (Å²) in [6.45, 7) is 0. The van der Waals surface area contributed by atoms with E-state index in [2.05, 4.69) is 11.5 Å². The van der Waals surface area contributed by atoms with Crippen molar-refractivity contribution >= 4 is 23.9 Å². The smallest absolute Gasteiger partial charge is 0.156 e. The standard InChI is InChI=1S/C8H8N2O2/c9-7-2-8(10)6(4-12)1-5(7)3-11/h1-4H,9-10H2/p+2. The van der Waals surface area contributed by atoms with E-state index in [1.165, 1.54) is 6.07 Å². The second-order valence-corrected chi connectivity index (χ2v) is 2.49. The zero-order chi connectivity index (χ0) is 9.14. The highest BCUT2D eigenvalue weighted by Gasteiger charge is 2.08. The van der Waals surface area contributed by atoms with Crippen LogP contribution in [0.3, 0.4) is 0 Å². The molecule has 6 N–H and O–H groups in total. The first-order valence-electron chi connectivity index (χ1n) is 3.41. The second kappa shape index (κ2) is 3.25. The Kier molecular flexibility index (Phi) is 2.32. The van der Waals surface area contributed by atoms with E-state index in [-0.39, 0.29) is 0 Å². The van der Waals surface area contributed by atoms with Gasteiger partial charge in [-0.05, 0) is 6.07 Å². The van der Waals surface area contributed by atoms with Crippen molar-refractivity contribution in [3.05, 3.63) is 23.3 Å². The van der Waals surface area contributed by atoms with Crippen LogP contribution in [0.4, 0.5) is 11.4 Å². The average molecular weight is 166 g/mol. The highest BCUT2D eigenvalue weighted by Crippen LogP contribution is 2.15. The molecule has 0 atom stereocenters. The number of hydrogen-bond donors (Lipinski definition) is 2. The van der Waals surface area contributed by atoms with Gasteiger partial charge in [-0.1, -0.05) is 0 Å². The molecule has 0 saturated heterocycles. The molecule has 0 fully saturated rings. The maximum absolute atomic E-state index is 10.4. The van der Waals surface area contributed by atoms with Crippen LogP contribution in [0, 0.1) is 0 Å². The van der Waals surface area contributed by atoms with Gasteiger partial charge in [0.05, 0.1) is 17.2 Å². The predicted molar refractivity (Wildman–Crippen MR) is 42.3 cm³/mol. The predicted octanol–water partition coefficient (Wildman–Crippen LogP) is -0.942. The number of aldehydes is 2. The normalized spacial score (nSPS) is 9.50. The molecule has 1 rings (SSSR count). The summed E-state index contributed by atoms with van der Waals surface area (Å²) in [5.74, 6) is 0. The van der Waals surface area contributed by atoms with Gasteiger partial charge >= 0.3 is 0 Å². The summed E-state index contributed by atoms with van der Waals surface area (Å²) in [6.07, 6.45) is 1.35. The fourth-order valence-corrected chi connectivity index (χ4v) is 0.949. The maximum Gasteiger partial charge on any atom is 0.156 e. The van der Waals surface area contributed by atoms with Gasteiger partial charge in [-0.25, -0.2) is 0 Å². The molecule has 0 aliphatic carbocycles. The molecule has 1 aromatic carbocycles. The van der Waals surface area contributed by atoms with Crippen LogP contribution in [-0.2, 0) is 0 Å². The largest absolute Gasteiger partial charge is 0.324 e. The number of rotatable bonds is 2. The third-order valence-corrected chi connectivity index (χ3v) is 1.65. The van der Waals surface area contributed by atoms with Crippen molar-refractivity contribution in [3.8, 4) is 0 Å². The quantitative estimate of drug-likeness (QED) is 0.555. The van der Waals surface area contributed by atoms with Crippen LogP contribution >= 0.6 is 0 Å². The third kappa shape index (κ3) is 1.39. The molecule has 1 aromatic rings. The lowest BCUT2D eigenvalue weighted by atomic mass is 10.1. The van der Waals surface area contributed by atoms with E-state index in [0.717, 1.165) is 0 Å². The van der Waals surface area contributed by atoms with Crippen molar-refractivity contribution in [1.29, 1.82) is 0 Å². The zero-order valence-electron chi connectivity index (χ0n) is 6.54. The molecule has 12 heavy (non-hydrogen) atoms. The fourth-order valence-electron chi connectivity index (χ4n) is 0.949. The summed E-state index contributed by atoms with van der Waals surface area (Å²) in [4.78, 5) is 20.9. The van der Waals surface area contributed by atoms with Gasteiger partial charge in [0.25, 0.3) is 0 Å². The minimum atomic E-state index is 0.435. The number of quaternary nitrogens is 2. The van der Waals surface area contributed by atoms with Crippen LogP contribution in [0.2, 0.25) is 0 Å². The van der Waals surface area contributed by atoms with Crippen LogP contribution in [-0.4, -0.2) is 12.6 Å². The summed E-state index contributed by atoms with van der Waals surface area (Å²) >= 11 is 0. The molecule has 62 valence electrons. The minimum absolute atomic E-state index is 0.435. The first kappa shape index (κ1) is 8.58. The van der Waals surface area contributed by atoms with Crippen LogP contribution in [0.15, 0.2) is 12.1 Å². The highest BCUT2D eigenvalue weighted by molar-refractivity contribution is 5.89. The van der Waals surface area contributed by atoms with E-state index in [4.69, 9.17) is 0 Å². The molecule has 0 unspecified atom stereocenters. The van der Waals surface area contributed by atoms with E-state index in [1.54, 1.807) is 6.07 Å². The topological polar surface area (TPSA) is 89.4 Å². The van der Waals surface area contributed by atoms with E-state index in [9.17, 15) is 9.59 Å².